The Balaban J connectivity index is 1.69. The van der Waals surface area contributed by atoms with Gasteiger partial charge in [-0.15, -0.1) is 0 Å². The van der Waals surface area contributed by atoms with Crippen molar-refractivity contribution >= 4 is 16.1 Å². The monoisotopic (exact) mass is 430 g/mol. The predicted octanol–water partition coefficient (Wildman–Crippen LogP) is 3.87. The molecule has 2 aliphatic heterocycles. The molecule has 0 radical (unpaired) electrons. The standard InChI is InChI=1S/C22H26N2O5S/c1-22(2)14-29-19-13-16(8-9-18(19)20(22)23-21(25)26)15-6-5-7-17(12-15)30(27,28)24-10-3-4-11-24/h5-9,12-13,20,23H,3-4,10-11,14H2,1-2H3,(H,25,26). The highest BCUT2D eigenvalue weighted by Gasteiger charge is 2.38. The second-order valence-electron chi connectivity index (χ2n) is 8.55. The molecule has 7 nitrogen and oxygen atoms in total. The summed E-state index contributed by atoms with van der Waals surface area (Å²) in [6, 6.07) is 12.1. The van der Waals surface area contributed by atoms with Crippen LogP contribution in [0.2, 0.25) is 0 Å². The number of rotatable bonds is 4. The summed E-state index contributed by atoms with van der Waals surface area (Å²) in [4.78, 5) is 11.6. The second kappa shape index (κ2) is 7.59. The van der Waals surface area contributed by atoms with Crippen molar-refractivity contribution in [2.45, 2.75) is 37.6 Å². The lowest BCUT2D eigenvalue weighted by molar-refractivity contribution is 0.0996. The van der Waals surface area contributed by atoms with E-state index < -0.39 is 27.6 Å². The molecule has 30 heavy (non-hydrogen) atoms. The highest BCUT2D eigenvalue weighted by molar-refractivity contribution is 7.89. The van der Waals surface area contributed by atoms with E-state index in [1.807, 2.05) is 38.1 Å². The Hall–Kier alpha value is -2.58. The number of amides is 1. The Morgan fingerprint density at radius 2 is 1.83 bits per heavy atom. The van der Waals surface area contributed by atoms with E-state index in [1.165, 1.54) is 4.31 Å². The van der Waals surface area contributed by atoms with Crippen LogP contribution in [0, 0.1) is 5.41 Å². The highest BCUT2D eigenvalue weighted by Crippen LogP contribution is 2.44. The van der Waals surface area contributed by atoms with Crippen molar-refractivity contribution in [3.63, 3.8) is 0 Å². The highest BCUT2D eigenvalue weighted by atomic mass is 32.2. The lowest BCUT2D eigenvalue weighted by atomic mass is 9.78. The molecule has 1 saturated heterocycles. The fourth-order valence-electron chi connectivity index (χ4n) is 4.16. The number of fused-ring (bicyclic) bond motifs is 1. The molecule has 0 saturated carbocycles. The number of sulfonamides is 1. The van der Waals surface area contributed by atoms with E-state index in [-0.39, 0.29) is 4.90 Å². The average Bonchev–Trinajstić information content (AvgIpc) is 3.25. The summed E-state index contributed by atoms with van der Waals surface area (Å²) >= 11 is 0. The molecule has 1 unspecified atom stereocenters. The SMILES string of the molecule is CC1(C)COc2cc(-c3cccc(S(=O)(=O)N4CCCC4)c3)ccc2C1NC(=O)O. The maximum Gasteiger partial charge on any atom is 0.405 e. The number of nitrogens with one attached hydrogen (secondary N) is 1. The molecule has 2 N–H and O–H groups in total. The lowest BCUT2D eigenvalue weighted by Gasteiger charge is -2.39. The zero-order valence-electron chi connectivity index (χ0n) is 17.1. The number of nitrogens with zero attached hydrogens (tertiary/aromatic N) is 1. The lowest BCUT2D eigenvalue weighted by Crippen LogP contribution is -2.43. The average molecular weight is 431 g/mol. The van der Waals surface area contributed by atoms with Crippen LogP contribution in [0.1, 0.15) is 38.3 Å². The van der Waals surface area contributed by atoms with Gasteiger partial charge < -0.3 is 15.2 Å². The molecule has 160 valence electrons. The van der Waals surface area contributed by atoms with Gasteiger partial charge in [0.15, 0.2) is 0 Å². The zero-order valence-corrected chi connectivity index (χ0v) is 17.9. The fraction of sp³-hybridized carbons (Fsp3) is 0.409. The summed E-state index contributed by atoms with van der Waals surface area (Å²) < 4.78 is 33.3. The van der Waals surface area contributed by atoms with Gasteiger partial charge in [0.25, 0.3) is 0 Å². The first-order chi connectivity index (χ1) is 14.2. The van der Waals surface area contributed by atoms with Crippen LogP contribution in [0.15, 0.2) is 47.4 Å². The van der Waals surface area contributed by atoms with Gasteiger partial charge in [0.05, 0.1) is 17.5 Å². The van der Waals surface area contributed by atoms with Gasteiger partial charge in [-0.1, -0.05) is 38.1 Å². The molecule has 0 bridgehead atoms. The van der Waals surface area contributed by atoms with Crippen molar-refractivity contribution in [3.8, 4) is 16.9 Å². The Morgan fingerprint density at radius 1 is 1.13 bits per heavy atom. The van der Waals surface area contributed by atoms with Crippen molar-refractivity contribution in [1.29, 1.82) is 0 Å². The van der Waals surface area contributed by atoms with Gasteiger partial charge in [0.2, 0.25) is 10.0 Å². The minimum atomic E-state index is -3.50. The number of carbonyl (C=O) groups is 1. The molecular weight excluding hydrogens is 404 g/mol. The Bertz CT molecular complexity index is 1070. The Labute approximate surface area is 176 Å². The summed E-state index contributed by atoms with van der Waals surface area (Å²) in [5.74, 6) is 0.610. The fourth-order valence-corrected chi connectivity index (χ4v) is 5.72. The largest absolute Gasteiger partial charge is 0.493 e. The van der Waals surface area contributed by atoms with Crippen LogP contribution < -0.4 is 10.1 Å². The molecule has 2 aromatic rings. The van der Waals surface area contributed by atoms with Gasteiger partial charge in [-0.25, -0.2) is 13.2 Å². The van der Waals surface area contributed by atoms with Crippen molar-refractivity contribution in [3.05, 3.63) is 48.0 Å². The van der Waals surface area contributed by atoms with E-state index in [0.717, 1.165) is 29.5 Å². The first kappa shape index (κ1) is 20.7. The molecule has 2 aromatic carbocycles. The van der Waals surface area contributed by atoms with Crippen molar-refractivity contribution in [1.82, 2.24) is 9.62 Å². The zero-order chi connectivity index (χ0) is 21.5. The van der Waals surface area contributed by atoms with Gasteiger partial charge in [0, 0.05) is 24.1 Å². The Kier molecular flexibility index (Phi) is 5.23. The summed E-state index contributed by atoms with van der Waals surface area (Å²) in [5.41, 5.74) is 1.98. The normalized spacial score (nSPS) is 20.9. The van der Waals surface area contributed by atoms with E-state index in [2.05, 4.69) is 5.32 Å². The molecule has 1 atom stereocenters. The number of hydrogen-bond acceptors (Lipinski definition) is 4. The molecule has 1 amide bonds. The van der Waals surface area contributed by atoms with Gasteiger partial charge in [0.1, 0.15) is 5.75 Å². The van der Waals surface area contributed by atoms with E-state index in [0.29, 0.717) is 25.4 Å². The van der Waals surface area contributed by atoms with Crippen LogP contribution in [-0.4, -0.2) is 43.6 Å². The van der Waals surface area contributed by atoms with Crippen LogP contribution in [0.3, 0.4) is 0 Å². The van der Waals surface area contributed by atoms with Gasteiger partial charge in [-0.2, -0.15) is 4.31 Å². The molecular formula is C22H26N2O5S. The number of benzene rings is 2. The second-order valence-corrected chi connectivity index (χ2v) is 10.5. The predicted molar refractivity (Wildman–Crippen MR) is 113 cm³/mol. The molecule has 1 fully saturated rings. The number of ether oxygens (including phenoxy) is 1. The molecule has 0 aliphatic carbocycles. The third kappa shape index (κ3) is 3.77. The van der Waals surface area contributed by atoms with Gasteiger partial charge in [-0.05, 0) is 42.2 Å². The minimum Gasteiger partial charge on any atom is -0.493 e. The van der Waals surface area contributed by atoms with E-state index in [1.54, 1.807) is 18.2 Å². The molecule has 2 heterocycles. The number of carboxylic acid groups (broad SMARTS) is 1. The Morgan fingerprint density at radius 3 is 2.53 bits per heavy atom. The topological polar surface area (TPSA) is 95.9 Å². The van der Waals surface area contributed by atoms with Crippen molar-refractivity contribution in [2.75, 3.05) is 19.7 Å². The number of hydrogen-bond donors (Lipinski definition) is 2. The molecule has 0 spiro atoms. The molecule has 2 aliphatic rings. The third-order valence-corrected chi connectivity index (χ3v) is 7.74. The summed E-state index contributed by atoms with van der Waals surface area (Å²) in [7, 11) is -3.50. The maximum atomic E-state index is 12.9. The van der Waals surface area contributed by atoms with Crippen LogP contribution in [0.4, 0.5) is 4.79 Å². The van der Waals surface area contributed by atoms with Gasteiger partial charge >= 0.3 is 6.09 Å². The van der Waals surface area contributed by atoms with Crippen LogP contribution in [0.5, 0.6) is 5.75 Å². The summed E-state index contributed by atoms with van der Waals surface area (Å²) in [6.07, 6.45) is 0.705. The molecule has 8 heteroatoms. The van der Waals surface area contributed by atoms with Gasteiger partial charge in [-0.3, -0.25) is 0 Å². The van der Waals surface area contributed by atoms with Crippen LogP contribution in [-0.2, 0) is 10.0 Å². The minimum absolute atomic E-state index is 0.284. The van der Waals surface area contributed by atoms with E-state index in [9.17, 15) is 18.3 Å². The summed E-state index contributed by atoms with van der Waals surface area (Å²) in [6.45, 7) is 5.41. The first-order valence-electron chi connectivity index (χ1n) is 10.1. The first-order valence-corrected chi connectivity index (χ1v) is 11.5. The molecule has 4 rings (SSSR count). The quantitative estimate of drug-likeness (QED) is 0.768. The van der Waals surface area contributed by atoms with Crippen molar-refractivity contribution in [2.24, 2.45) is 5.41 Å². The van der Waals surface area contributed by atoms with Crippen LogP contribution >= 0.6 is 0 Å². The summed E-state index contributed by atoms with van der Waals surface area (Å²) in [5, 5.41) is 11.8. The molecule has 0 aromatic heterocycles. The van der Waals surface area contributed by atoms with Crippen molar-refractivity contribution < 1.29 is 23.1 Å². The maximum absolute atomic E-state index is 12.9. The van der Waals surface area contributed by atoms with Crippen LogP contribution in [0.25, 0.3) is 11.1 Å². The smallest absolute Gasteiger partial charge is 0.405 e. The third-order valence-electron chi connectivity index (χ3n) is 5.84. The van der Waals surface area contributed by atoms with E-state index >= 15 is 0 Å². The van der Waals surface area contributed by atoms with E-state index in [4.69, 9.17) is 4.74 Å².